The Bertz CT molecular complexity index is 2740. The van der Waals surface area contributed by atoms with Crippen LogP contribution < -0.4 is 0 Å². The maximum absolute atomic E-state index is 9.32. The summed E-state index contributed by atoms with van der Waals surface area (Å²) in [5.74, 6) is 0.669. The van der Waals surface area contributed by atoms with Crippen molar-refractivity contribution in [3.05, 3.63) is 181 Å². The van der Waals surface area contributed by atoms with Crippen LogP contribution >= 0.6 is 0 Å². The van der Waals surface area contributed by atoms with E-state index in [4.69, 9.17) is 9.97 Å². The van der Waals surface area contributed by atoms with E-state index in [0.29, 0.717) is 11.4 Å². The smallest absolute Gasteiger partial charge is 0.160 e. The van der Waals surface area contributed by atoms with Crippen LogP contribution in [-0.4, -0.2) is 9.97 Å². The SMILES string of the molecule is N#Cc1ccc(-c2cccc(-c3cc(-c4c5ccccc5cc5c4ccc4ccccc45)nc(-c4ccc(-c5ccccc5)cc4)n3)c2)cc1. The van der Waals surface area contributed by atoms with E-state index in [-0.39, 0.29) is 0 Å². The van der Waals surface area contributed by atoms with Crippen LogP contribution in [0.25, 0.3) is 88.5 Å². The van der Waals surface area contributed by atoms with Gasteiger partial charge in [0.05, 0.1) is 23.0 Å². The molecule has 0 N–H and O–H groups in total. The van der Waals surface area contributed by atoms with Gasteiger partial charge in [-0.2, -0.15) is 5.26 Å². The van der Waals surface area contributed by atoms with Crippen molar-refractivity contribution in [1.29, 1.82) is 5.26 Å². The largest absolute Gasteiger partial charge is 0.228 e. The fourth-order valence-corrected chi connectivity index (χ4v) is 6.99. The highest BCUT2D eigenvalue weighted by atomic mass is 14.9. The van der Waals surface area contributed by atoms with E-state index < -0.39 is 0 Å². The van der Waals surface area contributed by atoms with Crippen molar-refractivity contribution >= 4 is 32.3 Å². The first kappa shape index (κ1) is 29.3. The van der Waals surface area contributed by atoms with Crippen molar-refractivity contribution in [2.24, 2.45) is 0 Å². The lowest BCUT2D eigenvalue weighted by molar-refractivity contribution is 1.19. The molecule has 0 saturated heterocycles. The Morgan fingerprint density at radius 1 is 0.360 bits per heavy atom. The number of hydrogen-bond donors (Lipinski definition) is 0. The minimum Gasteiger partial charge on any atom is -0.228 e. The van der Waals surface area contributed by atoms with E-state index in [2.05, 4.69) is 152 Å². The lowest BCUT2D eigenvalue weighted by Gasteiger charge is -2.16. The van der Waals surface area contributed by atoms with Crippen LogP contribution in [0, 0.1) is 11.3 Å². The van der Waals surface area contributed by atoms with Crippen LogP contribution in [0.2, 0.25) is 0 Å². The third-order valence-electron chi connectivity index (χ3n) is 9.51. The summed E-state index contributed by atoms with van der Waals surface area (Å²) in [6.45, 7) is 0. The number of nitriles is 1. The molecule has 1 aromatic heterocycles. The third-order valence-corrected chi connectivity index (χ3v) is 9.51. The van der Waals surface area contributed by atoms with E-state index in [1.165, 1.54) is 27.1 Å². The average molecular weight is 636 g/mol. The molecule has 50 heavy (non-hydrogen) atoms. The number of fused-ring (bicyclic) bond motifs is 4. The van der Waals surface area contributed by atoms with Crippen LogP contribution in [0.15, 0.2) is 176 Å². The Hall–Kier alpha value is -6.89. The zero-order valence-corrected chi connectivity index (χ0v) is 27.1. The Balaban J connectivity index is 1.28. The lowest BCUT2D eigenvalue weighted by atomic mass is 9.91. The molecule has 0 unspecified atom stereocenters. The van der Waals surface area contributed by atoms with Crippen molar-refractivity contribution in [3.63, 3.8) is 0 Å². The number of nitrogens with zero attached hydrogens (tertiary/aromatic N) is 3. The van der Waals surface area contributed by atoms with Crippen molar-refractivity contribution < 1.29 is 0 Å². The summed E-state index contributed by atoms with van der Waals surface area (Å²) in [5.41, 5.74) is 9.82. The van der Waals surface area contributed by atoms with Crippen LogP contribution in [0.3, 0.4) is 0 Å². The second-order valence-corrected chi connectivity index (χ2v) is 12.5. The lowest BCUT2D eigenvalue weighted by Crippen LogP contribution is -1.97. The topological polar surface area (TPSA) is 49.6 Å². The molecule has 0 atom stereocenters. The van der Waals surface area contributed by atoms with Crippen molar-refractivity contribution in [1.82, 2.24) is 9.97 Å². The fraction of sp³-hybridized carbons (Fsp3) is 0. The molecule has 3 nitrogen and oxygen atoms in total. The summed E-state index contributed by atoms with van der Waals surface area (Å²) in [7, 11) is 0. The molecular weight excluding hydrogens is 607 g/mol. The molecule has 0 bridgehead atoms. The molecular formula is C47H29N3. The van der Waals surface area contributed by atoms with E-state index in [9.17, 15) is 5.26 Å². The van der Waals surface area contributed by atoms with Crippen molar-refractivity contribution in [2.45, 2.75) is 0 Å². The van der Waals surface area contributed by atoms with Crippen LogP contribution in [0.1, 0.15) is 5.56 Å². The van der Waals surface area contributed by atoms with Gasteiger partial charge in [-0.25, -0.2) is 9.97 Å². The summed E-state index contributed by atoms with van der Waals surface area (Å²) >= 11 is 0. The predicted molar refractivity (Wildman–Crippen MR) is 206 cm³/mol. The molecule has 0 fully saturated rings. The van der Waals surface area contributed by atoms with Crippen molar-refractivity contribution in [2.75, 3.05) is 0 Å². The molecule has 0 spiro atoms. The monoisotopic (exact) mass is 635 g/mol. The standard InChI is InChI=1S/C47H29N3/c48-30-31-17-19-34(20-18-31)37-13-8-14-39(27-37)44-29-45(50-47(49-44)36-23-21-33(22-24-36)32-9-2-1-3-10-32)46-41-16-7-5-12-38(41)28-43-40-15-6-4-11-35(40)25-26-42(43)46/h1-29H. The third kappa shape index (κ3) is 5.26. The molecule has 0 amide bonds. The first-order valence-electron chi connectivity index (χ1n) is 16.7. The van der Waals surface area contributed by atoms with Gasteiger partial charge in [0.1, 0.15) is 0 Å². The van der Waals surface area contributed by atoms with Crippen LogP contribution in [0.5, 0.6) is 0 Å². The number of aromatic nitrogens is 2. The molecule has 0 radical (unpaired) electrons. The summed E-state index contributed by atoms with van der Waals surface area (Å²) in [6.07, 6.45) is 0. The van der Waals surface area contributed by atoms with Gasteiger partial charge in [0, 0.05) is 16.7 Å². The predicted octanol–water partition coefficient (Wildman–Crippen LogP) is 12.1. The van der Waals surface area contributed by atoms with E-state index >= 15 is 0 Å². The molecule has 9 aromatic rings. The summed E-state index contributed by atoms with van der Waals surface area (Å²) in [4.78, 5) is 10.6. The maximum Gasteiger partial charge on any atom is 0.160 e. The van der Waals surface area contributed by atoms with E-state index in [0.717, 1.165) is 55.5 Å². The Morgan fingerprint density at radius 2 is 0.960 bits per heavy atom. The highest BCUT2D eigenvalue weighted by Crippen LogP contribution is 2.40. The Morgan fingerprint density at radius 3 is 1.76 bits per heavy atom. The molecule has 0 aliphatic heterocycles. The Kier molecular flexibility index (Phi) is 7.19. The fourth-order valence-electron chi connectivity index (χ4n) is 6.99. The van der Waals surface area contributed by atoms with Crippen molar-refractivity contribution in [3.8, 4) is 62.2 Å². The van der Waals surface area contributed by atoms with Gasteiger partial charge in [-0.15, -0.1) is 0 Å². The van der Waals surface area contributed by atoms with Gasteiger partial charge < -0.3 is 0 Å². The molecule has 3 heteroatoms. The van der Waals surface area contributed by atoms with E-state index in [1.54, 1.807) is 0 Å². The second-order valence-electron chi connectivity index (χ2n) is 12.5. The number of benzene rings is 8. The minimum absolute atomic E-state index is 0.642. The summed E-state index contributed by atoms with van der Waals surface area (Å²) < 4.78 is 0. The molecule has 232 valence electrons. The van der Waals surface area contributed by atoms with Crippen LogP contribution in [-0.2, 0) is 0 Å². The molecule has 9 rings (SSSR count). The van der Waals surface area contributed by atoms with Gasteiger partial charge in [0.25, 0.3) is 0 Å². The van der Waals surface area contributed by atoms with Gasteiger partial charge in [0.15, 0.2) is 5.82 Å². The van der Waals surface area contributed by atoms with Gasteiger partial charge in [-0.3, -0.25) is 0 Å². The zero-order chi connectivity index (χ0) is 33.4. The quantitative estimate of drug-likeness (QED) is 0.140. The second kappa shape index (κ2) is 12.3. The molecule has 0 saturated carbocycles. The molecule has 0 aliphatic carbocycles. The van der Waals surface area contributed by atoms with E-state index in [1.807, 2.05) is 30.3 Å². The van der Waals surface area contributed by atoms with Gasteiger partial charge in [-0.05, 0) is 84.9 Å². The summed E-state index contributed by atoms with van der Waals surface area (Å²) in [6, 6.07) is 63.4. The zero-order valence-electron chi connectivity index (χ0n) is 27.1. The normalized spacial score (nSPS) is 11.2. The molecule has 8 aromatic carbocycles. The molecule has 1 heterocycles. The summed E-state index contributed by atoms with van der Waals surface area (Å²) in [5, 5.41) is 16.4. The number of hydrogen-bond acceptors (Lipinski definition) is 3. The maximum atomic E-state index is 9.32. The minimum atomic E-state index is 0.642. The number of rotatable bonds is 5. The highest BCUT2D eigenvalue weighted by molar-refractivity contribution is 6.19. The molecule has 0 aliphatic rings. The highest BCUT2D eigenvalue weighted by Gasteiger charge is 2.17. The average Bonchev–Trinajstić information content (AvgIpc) is 3.20. The van der Waals surface area contributed by atoms with Gasteiger partial charge >= 0.3 is 0 Å². The van der Waals surface area contributed by atoms with Crippen LogP contribution in [0.4, 0.5) is 0 Å². The Labute approximate surface area is 290 Å². The van der Waals surface area contributed by atoms with Gasteiger partial charge in [-0.1, -0.05) is 146 Å². The first-order chi connectivity index (χ1) is 24.7. The van der Waals surface area contributed by atoms with Gasteiger partial charge in [0.2, 0.25) is 0 Å². The first-order valence-corrected chi connectivity index (χ1v) is 16.7.